The predicted molar refractivity (Wildman–Crippen MR) is 107 cm³/mol. The van der Waals surface area contributed by atoms with Gasteiger partial charge in [0.25, 0.3) is 0 Å². The Morgan fingerprint density at radius 2 is 1.80 bits per heavy atom. The molecule has 0 amide bonds. The van der Waals surface area contributed by atoms with E-state index in [1.807, 2.05) is 23.9 Å². The van der Waals surface area contributed by atoms with Crippen LogP contribution >= 0.6 is 11.8 Å². The van der Waals surface area contributed by atoms with Crippen LogP contribution in [0.15, 0.2) is 53.7 Å². The van der Waals surface area contributed by atoms with E-state index in [1.54, 1.807) is 0 Å². The largest absolute Gasteiger partial charge is 0.494 e. The lowest BCUT2D eigenvalue weighted by molar-refractivity contribution is 0.317. The van der Waals surface area contributed by atoms with Crippen molar-refractivity contribution in [2.75, 3.05) is 12.4 Å². The maximum Gasteiger partial charge on any atom is 0.137 e. The summed E-state index contributed by atoms with van der Waals surface area (Å²) in [4.78, 5) is 6.02. The van der Waals surface area contributed by atoms with Crippen LogP contribution in [0.4, 0.5) is 0 Å². The van der Waals surface area contributed by atoms with Crippen molar-refractivity contribution in [1.82, 2.24) is 15.5 Å². The Labute approximate surface area is 154 Å². The molecule has 5 heteroatoms. The number of rotatable bonds is 8. The van der Waals surface area contributed by atoms with Gasteiger partial charge in [-0.15, -0.1) is 11.8 Å². The van der Waals surface area contributed by atoms with Crippen LogP contribution in [-0.2, 0) is 0 Å². The molecular formula is C20H27N3OS. The summed E-state index contributed by atoms with van der Waals surface area (Å²) in [7, 11) is 0. The number of nitrogens with zero attached hydrogens (tertiary/aromatic N) is 2. The fraction of sp³-hybridized carbons (Fsp3) is 0.350. The minimum absolute atomic E-state index is 0. The van der Waals surface area contributed by atoms with Gasteiger partial charge in [-0.3, -0.25) is 0 Å². The molecule has 0 unspecified atom stereocenters. The molecular weight excluding hydrogens is 330 g/mol. The smallest absolute Gasteiger partial charge is 0.137 e. The van der Waals surface area contributed by atoms with Crippen molar-refractivity contribution in [3.8, 4) is 17.0 Å². The number of thioether (sulfide) groups is 1. The number of ether oxygens (including phenoxy) is 1. The topological polar surface area (TPSA) is 61.5 Å². The molecule has 3 rings (SSSR count). The highest BCUT2D eigenvalue weighted by Crippen LogP contribution is 2.25. The molecule has 134 valence electrons. The Hall–Kier alpha value is -1.98. The third-order valence-electron chi connectivity index (χ3n) is 3.81. The molecule has 3 aromatic rings. The third-order valence-corrected chi connectivity index (χ3v) is 4.88. The second-order valence-corrected chi connectivity index (χ2v) is 7.00. The van der Waals surface area contributed by atoms with Crippen LogP contribution in [0.5, 0.6) is 5.75 Å². The Morgan fingerprint density at radius 1 is 1.00 bits per heavy atom. The summed E-state index contributed by atoms with van der Waals surface area (Å²) < 4.78 is 7.76. The number of unbranched alkanes of at least 4 members (excludes halogenated alkanes) is 1. The quantitative estimate of drug-likeness (QED) is 0.406. The van der Waals surface area contributed by atoms with E-state index in [1.165, 1.54) is 23.5 Å². The number of pyridine rings is 1. The maximum absolute atomic E-state index is 5.64. The molecule has 0 saturated carbocycles. The van der Waals surface area contributed by atoms with E-state index in [-0.39, 0.29) is 6.15 Å². The van der Waals surface area contributed by atoms with E-state index in [9.17, 15) is 0 Å². The fourth-order valence-electron chi connectivity index (χ4n) is 2.47. The van der Waals surface area contributed by atoms with E-state index >= 15 is 0 Å². The number of imidazole rings is 1. The lowest BCUT2D eigenvalue weighted by Crippen LogP contribution is -1.94. The number of hydrogen-bond donors (Lipinski definition) is 1. The summed E-state index contributed by atoms with van der Waals surface area (Å²) in [6.45, 7) is 5.09. The van der Waals surface area contributed by atoms with Crippen LogP contribution in [0, 0.1) is 0 Å². The van der Waals surface area contributed by atoms with Crippen molar-refractivity contribution < 1.29 is 4.74 Å². The van der Waals surface area contributed by atoms with E-state index in [0.717, 1.165) is 35.7 Å². The highest BCUT2D eigenvalue weighted by atomic mass is 32.2. The zero-order valence-corrected chi connectivity index (χ0v) is 15.9. The summed E-state index contributed by atoms with van der Waals surface area (Å²) in [5.74, 6) is 2.09. The monoisotopic (exact) mass is 357 g/mol. The van der Waals surface area contributed by atoms with E-state index in [0.29, 0.717) is 0 Å². The number of aromatic nitrogens is 2. The molecule has 0 fully saturated rings. The van der Waals surface area contributed by atoms with Crippen molar-refractivity contribution in [3.05, 3.63) is 48.8 Å². The first-order valence-electron chi connectivity index (χ1n) is 8.65. The second kappa shape index (κ2) is 9.49. The number of hydrogen-bond acceptors (Lipinski definition) is 4. The molecule has 0 aliphatic carbocycles. The zero-order chi connectivity index (χ0) is 16.8. The normalized spacial score (nSPS) is 10.6. The molecule has 0 aliphatic heterocycles. The van der Waals surface area contributed by atoms with Crippen molar-refractivity contribution >= 4 is 17.4 Å². The standard InChI is InChI=1S/C20H24N2OS.H3N/c1-3-5-13-24-18-10-11-20-21-19(15-22(20)14-18)16-6-8-17(9-7-16)23-12-4-2;/h6-11,14-15H,3-5,12-13H2,1-2H3;1H3. The van der Waals surface area contributed by atoms with Crippen molar-refractivity contribution in [2.24, 2.45) is 0 Å². The summed E-state index contributed by atoms with van der Waals surface area (Å²) in [6, 6.07) is 12.4. The molecule has 3 N–H and O–H groups in total. The van der Waals surface area contributed by atoms with Crippen LogP contribution in [0.3, 0.4) is 0 Å². The Kier molecular flexibility index (Phi) is 7.34. The summed E-state index contributed by atoms with van der Waals surface area (Å²) in [6.07, 6.45) is 7.78. The van der Waals surface area contributed by atoms with E-state index in [2.05, 4.69) is 54.9 Å². The van der Waals surface area contributed by atoms with Crippen LogP contribution in [0.2, 0.25) is 0 Å². The first-order valence-corrected chi connectivity index (χ1v) is 9.63. The predicted octanol–water partition coefficient (Wildman–Crippen LogP) is 5.84. The zero-order valence-electron chi connectivity index (χ0n) is 15.1. The molecule has 0 saturated heterocycles. The summed E-state index contributed by atoms with van der Waals surface area (Å²) >= 11 is 1.91. The average molecular weight is 358 g/mol. The van der Waals surface area contributed by atoms with Gasteiger partial charge in [-0.05, 0) is 55.0 Å². The van der Waals surface area contributed by atoms with Crippen molar-refractivity contribution in [3.63, 3.8) is 0 Å². The van der Waals surface area contributed by atoms with Gasteiger partial charge in [0.1, 0.15) is 11.4 Å². The average Bonchev–Trinajstić information content (AvgIpc) is 3.04. The Morgan fingerprint density at radius 3 is 2.52 bits per heavy atom. The molecule has 0 spiro atoms. The van der Waals surface area contributed by atoms with Gasteiger partial charge in [0, 0.05) is 22.9 Å². The van der Waals surface area contributed by atoms with Crippen LogP contribution in [0.25, 0.3) is 16.9 Å². The van der Waals surface area contributed by atoms with Gasteiger partial charge >= 0.3 is 0 Å². The van der Waals surface area contributed by atoms with Crippen LogP contribution < -0.4 is 10.9 Å². The molecule has 2 heterocycles. The van der Waals surface area contributed by atoms with E-state index in [4.69, 9.17) is 9.72 Å². The lowest BCUT2D eigenvalue weighted by atomic mass is 10.2. The minimum atomic E-state index is 0. The molecule has 0 aliphatic rings. The van der Waals surface area contributed by atoms with Crippen molar-refractivity contribution in [1.29, 1.82) is 0 Å². The SMILES string of the molecule is CCCCSc1ccc2nc(-c3ccc(OCCC)cc3)cn2c1.N. The fourth-order valence-corrected chi connectivity index (χ4v) is 3.49. The Balaban J connectivity index is 0.00000225. The number of benzene rings is 1. The van der Waals surface area contributed by atoms with Crippen molar-refractivity contribution in [2.45, 2.75) is 38.0 Å². The van der Waals surface area contributed by atoms with Gasteiger partial charge in [0.05, 0.1) is 12.3 Å². The minimum Gasteiger partial charge on any atom is -0.494 e. The van der Waals surface area contributed by atoms with Crippen LogP contribution in [-0.4, -0.2) is 21.7 Å². The van der Waals surface area contributed by atoms with Gasteiger partial charge in [0.2, 0.25) is 0 Å². The molecule has 1 aromatic carbocycles. The molecule has 4 nitrogen and oxygen atoms in total. The van der Waals surface area contributed by atoms with Crippen LogP contribution in [0.1, 0.15) is 33.1 Å². The molecule has 0 atom stereocenters. The first kappa shape index (κ1) is 19.3. The number of fused-ring (bicyclic) bond motifs is 1. The van der Waals surface area contributed by atoms with Gasteiger partial charge in [0.15, 0.2) is 0 Å². The van der Waals surface area contributed by atoms with Gasteiger partial charge in [-0.2, -0.15) is 0 Å². The summed E-state index contributed by atoms with van der Waals surface area (Å²) in [5.41, 5.74) is 3.09. The third kappa shape index (κ3) is 5.00. The molecule has 2 aromatic heterocycles. The van der Waals surface area contributed by atoms with Gasteiger partial charge < -0.3 is 15.3 Å². The highest BCUT2D eigenvalue weighted by Gasteiger charge is 2.06. The summed E-state index contributed by atoms with van der Waals surface area (Å²) in [5, 5.41) is 0. The second-order valence-electron chi connectivity index (χ2n) is 5.83. The Bertz CT molecular complexity index is 783. The highest BCUT2D eigenvalue weighted by molar-refractivity contribution is 7.99. The maximum atomic E-state index is 5.64. The van der Waals surface area contributed by atoms with Gasteiger partial charge in [-0.1, -0.05) is 20.3 Å². The first-order chi connectivity index (χ1) is 11.8. The molecule has 0 bridgehead atoms. The molecule has 25 heavy (non-hydrogen) atoms. The van der Waals surface area contributed by atoms with Gasteiger partial charge in [-0.25, -0.2) is 4.98 Å². The molecule has 0 radical (unpaired) electrons. The van der Waals surface area contributed by atoms with E-state index < -0.39 is 0 Å². The lowest BCUT2D eigenvalue weighted by Gasteiger charge is -2.04.